The summed E-state index contributed by atoms with van der Waals surface area (Å²) in [6.45, 7) is 3.13. The lowest BCUT2D eigenvalue weighted by atomic mass is 10.0. The van der Waals surface area contributed by atoms with Crippen molar-refractivity contribution >= 4 is 13.3 Å². The van der Waals surface area contributed by atoms with E-state index in [2.05, 4.69) is 6.92 Å². The number of aliphatic hydroxyl groups is 1. The van der Waals surface area contributed by atoms with Crippen LogP contribution in [0.3, 0.4) is 0 Å². The average molecular weight is 561 g/mol. The van der Waals surface area contributed by atoms with E-state index >= 15 is 0 Å². The maximum atomic E-state index is 12.2. The molecule has 9 nitrogen and oxygen atoms in total. The maximum absolute atomic E-state index is 12.2. The molecule has 0 aromatic carbocycles. The lowest BCUT2D eigenvalue weighted by molar-refractivity contribution is 0.0164. The molecule has 1 unspecified atom stereocenters. The van der Waals surface area contributed by atoms with E-state index in [4.69, 9.17) is 19.7 Å². The smallest absolute Gasteiger partial charge is 0.353 e. The van der Waals surface area contributed by atoms with E-state index in [0.717, 1.165) is 6.42 Å². The lowest BCUT2D eigenvalue weighted by Gasteiger charge is -2.19. The molecule has 0 fully saturated rings. The molecule has 0 aliphatic rings. The van der Waals surface area contributed by atoms with Crippen molar-refractivity contribution in [2.24, 2.45) is 0 Å². The Labute approximate surface area is 229 Å². The van der Waals surface area contributed by atoms with Crippen molar-refractivity contribution in [3.05, 3.63) is 28.7 Å². The Bertz CT molecular complexity index is 806. The standard InChI is InChI=1S/C28H53N2O7P/c1-2-3-4-5-6-7-8-9-10-11-12-13-14-15-19-35-20-16-21-37-38(33,34)25-36-27(24-31)23-30-18-17-26(29)22-28(30)32/h17-18,22,27,31H,2-16,19-21,23-25,29H2,1H3,(H,33,34)/t27-/m0/s1. The number of aromatic nitrogens is 1. The molecule has 1 heterocycles. The van der Waals surface area contributed by atoms with E-state index in [1.54, 1.807) is 6.07 Å². The molecule has 0 aliphatic heterocycles. The third-order valence-electron chi connectivity index (χ3n) is 6.47. The largest absolute Gasteiger partial charge is 0.399 e. The monoisotopic (exact) mass is 560 g/mol. The fourth-order valence-electron chi connectivity index (χ4n) is 4.16. The minimum Gasteiger partial charge on any atom is -0.399 e. The summed E-state index contributed by atoms with van der Waals surface area (Å²) >= 11 is 0. The third-order valence-corrected chi connectivity index (χ3v) is 7.53. The van der Waals surface area contributed by atoms with Gasteiger partial charge in [-0.15, -0.1) is 0 Å². The molecule has 38 heavy (non-hydrogen) atoms. The van der Waals surface area contributed by atoms with Crippen LogP contribution in [-0.4, -0.2) is 53.4 Å². The van der Waals surface area contributed by atoms with E-state index in [1.807, 2.05) is 0 Å². The normalized spacial score (nSPS) is 14.0. The highest BCUT2D eigenvalue weighted by Gasteiger charge is 2.22. The summed E-state index contributed by atoms with van der Waals surface area (Å²) in [6, 6.07) is 2.81. The predicted octanol–water partition coefficient (Wildman–Crippen LogP) is 5.86. The van der Waals surface area contributed by atoms with Crippen molar-refractivity contribution in [2.45, 2.75) is 116 Å². The molecule has 222 valence electrons. The Morgan fingerprint density at radius 3 is 2.00 bits per heavy atom. The summed E-state index contributed by atoms with van der Waals surface area (Å²) in [4.78, 5) is 21.9. The topological polar surface area (TPSA) is 133 Å². The minimum absolute atomic E-state index is 0.0305. The zero-order valence-electron chi connectivity index (χ0n) is 23.6. The molecule has 1 aromatic heterocycles. The van der Waals surface area contributed by atoms with Gasteiger partial charge in [0, 0.05) is 31.2 Å². The molecule has 0 saturated carbocycles. The number of anilines is 1. The second kappa shape index (κ2) is 22.6. The van der Waals surface area contributed by atoms with Crippen LogP contribution in [0.1, 0.15) is 103 Å². The van der Waals surface area contributed by atoms with Gasteiger partial charge in [0.15, 0.2) is 0 Å². The first kappa shape index (κ1) is 34.8. The number of ether oxygens (including phenoxy) is 2. The van der Waals surface area contributed by atoms with Crippen LogP contribution >= 0.6 is 7.60 Å². The van der Waals surface area contributed by atoms with Crippen molar-refractivity contribution < 1.29 is 28.6 Å². The first-order valence-electron chi connectivity index (χ1n) is 14.6. The SMILES string of the molecule is CCCCCCCCCCCCCCCCOCCCOP(=O)(O)CO[C@H](CO)Cn1ccc(N)cc1=O. The summed E-state index contributed by atoms with van der Waals surface area (Å²) in [7, 11) is -3.97. The van der Waals surface area contributed by atoms with Crippen molar-refractivity contribution in [1.29, 1.82) is 0 Å². The highest BCUT2D eigenvalue weighted by Crippen LogP contribution is 2.42. The third kappa shape index (κ3) is 18.9. The molecule has 0 saturated heterocycles. The van der Waals surface area contributed by atoms with Gasteiger partial charge < -0.3 is 34.3 Å². The van der Waals surface area contributed by atoms with Crippen LogP contribution in [-0.2, 0) is 25.1 Å². The van der Waals surface area contributed by atoms with E-state index in [0.29, 0.717) is 25.3 Å². The summed E-state index contributed by atoms with van der Waals surface area (Å²) < 4.78 is 29.5. The van der Waals surface area contributed by atoms with E-state index in [-0.39, 0.29) is 18.7 Å². The molecule has 0 radical (unpaired) electrons. The quantitative estimate of drug-likeness (QED) is 0.0948. The molecule has 1 rings (SSSR count). The number of pyridine rings is 1. The second-order valence-electron chi connectivity index (χ2n) is 10.1. The Hall–Kier alpha value is -1.22. The van der Waals surface area contributed by atoms with Gasteiger partial charge in [-0.2, -0.15) is 0 Å². The molecule has 0 aliphatic carbocycles. The van der Waals surface area contributed by atoms with Crippen LogP contribution in [0.4, 0.5) is 5.69 Å². The predicted molar refractivity (Wildman–Crippen MR) is 153 cm³/mol. The van der Waals surface area contributed by atoms with Gasteiger partial charge in [-0.25, -0.2) is 0 Å². The fraction of sp³-hybridized carbons (Fsp3) is 0.821. The van der Waals surface area contributed by atoms with Gasteiger partial charge in [0.25, 0.3) is 5.56 Å². The number of rotatable bonds is 26. The van der Waals surface area contributed by atoms with Crippen molar-refractivity contribution in [3.63, 3.8) is 0 Å². The number of aliphatic hydroxyl groups excluding tert-OH is 1. The van der Waals surface area contributed by atoms with Crippen molar-refractivity contribution in [2.75, 3.05) is 38.5 Å². The average Bonchev–Trinajstić information content (AvgIpc) is 2.89. The summed E-state index contributed by atoms with van der Waals surface area (Å²) in [5.74, 6) is 0. The molecule has 0 bridgehead atoms. The number of nitrogens with zero attached hydrogens (tertiary/aromatic N) is 1. The molecule has 4 N–H and O–H groups in total. The van der Waals surface area contributed by atoms with Gasteiger partial charge in [0.05, 0.1) is 25.9 Å². The van der Waals surface area contributed by atoms with E-state index in [1.165, 1.54) is 100 Å². The summed E-state index contributed by atoms with van der Waals surface area (Å²) in [6.07, 6.45) is 19.1. The van der Waals surface area contributed by atoms with Gasteiger partial charge in [0.1, 0.15) is 6.35 Å². The molecule has 1 aromatic rings. The highest BCUT2D eigenvalue weighted by molar-refractivity contribution is 7.52. The first-order valence-corrected chi connectivity index (χ1v) is 16.4. The van der Waals surface area contributed by atoms with Crippen LogP contribution in [0.25, 0.3) is 0 Å². The van der Waals surface area contributed by atoms with Crippen LogP contribution in [0.2, 0.25) is 0 Å². The Kier molecular flexibility index (Phi) is 20.7. The zero-order chi connectivity index (χ0) is 27.9. The van der Waals surface area contributed by atoms with Gasteiger partial charge in [-0.1, -0.05) is 90.4 Å². The number of hydrogen-bond donors (Lipinski definition) is 3. The van der Waals surface area contributed by atoms with Crippen LogP contribution < -0.4 is 11.3 Å². The van der Waals surface area contributed by atoms with Crippen LogP contribution in [0.15, 0.2) is 23.1 Å². The maximum Gasteiger partial charge on any atom is 0.353 e. The Balaban J connectivity index is 1.94. The highest BCUT2D eigenvalue weighted by atomic mass is 31.2. The molecular weight excluding hydrogens is 507 g/mol. The summed E-state index contributed by atoms with van der Waals surface area (Å²) in [5.41, 5.74) is 5.55. The number of unbranched alkanes of at least 4 members (excludes halogenated alkanes) is 13. The van der Waals surface area contributed by atoms with Crippen LogP contribution in [0.5, 0.6) is 0 Å². The van der Waals surface area contributed by atoms with E-state index in [9.17, 15) is 19.4 Å². The minimum atomic E-state index is -3.97. The van der Waals surface area contributed by atoms with Gasteiger partial charge in [0.2, 0.25) is 0 Å². The zero-order valence-corrected chi connectivity index (χ0v) is 24.5. The van der Waals surface area contributed by atoms with E-state index < -0.39 is 26.7 Å². The van der Waals surface area contributed by atoms with Gasteiger partial charge in [-0.05, 0) is 18.9 Å². The van der Waals surface area contributed by atoms with Crippen molar-refractivity contribution in [1.82, 2.24) is 4.57 Å². The fourth-order valence-corrected chi connectivity index (χ4v) is 5.05. The Morgan fingerprint density at radius 1 is 0.895 bits per heavy atom. The number of nitrogens with two attached hydrogens (primary N) is 1. The van der Waals surface area contributed by atoms with Gasteiger partial charge in [-0.3, -0.25) is 9.36 Å². The molecule has 0 amide bonds. The second-order valence-corrected chi connectivity index (χ2v) is 11.9. The molecule has 0 spiro atoms. The first-order chi connectivity index (χ1) is 18.4. The molecule has 10 heteroatoms. The van der Waals surface area contributed by atoms with Crippen molar-refractivity contribution in [3.8, 4) is 0 Å². The molecular formula is C28H53N2O7P. The summed E-state index contributed by atoms with van der Waals surface area (Å²) in [5, 5.41) is 9.48. The lowest BCUT2D eigenvalue weighted by Crippen LogP contribution is -2.30. The Morgan fingerprint density at radius 2 is 1.45 bits per heavy atom. The number of nitrogen functional groups attached to an aromatic ring is 1. The molecule has 2 atom stereocenters. The van der Waals surface area contributed by atoms with Crippen LogP contribution in [0, 0.1) is 0 Å². The number of hydrogen-bond acceptors (Lipinski definition) is 7. The van der Waals surface area contributed by atoms with Gasteiger partial charge >= 0.3 is 7.60 Å².